The molecule has 0 amide bonds. The zero-order valence-electron chi connectivity index (χ0n) is 29.1. The summed E-state index contributed by atoms with van der Waals surface area (Å²) in [6.45, 7) is 5.11. The number of benzene rings is 3. The minimum absolute atomic E-state index is 0.0381. The maximum atomic E-state index is 17.2. The lowest BCUT2D eigenvalue weighted by atomic mass is 9.95. The number of nitrogens with two attached hydrogens (primary N) is 1. The molecule has 3 saturated heterocycles. The standard InChI is InChI=1S/C40H37F3N6O4/c1-3-27-30(42)10-9-24-17-26(53-38(50)32-23(2)7-4-8-31(32)44)18-28(33(24)27)35-34(43)36-29(20-45-35)37(48-12-6-15-51-16-14-48)47-39(46-36)52-22-40-11-5-13-49(40)21-25(41)19-40/h1,4,7-10,17-18,20,25H,5-6,11-16,19,21-22,44H2,2H3/t25-,40+/m1/s1. The molecule has 2 atom stereocenters. The molecule has 0 radical (unpaired) electrons. The molecular weight excluding hydrogens is 685 g/mol. The normalized spacial score (nSPS) is 20.4. The van der Waals surface area contributed by atoms with E-state index in [2.05, 4.69) is 20.8 Å². The van der Waals surface area contributed by atoms with Crippen molar-refractivity contribution in [1.29, 1.82) is 0 Å². The number of alkyl halides is 1. The van der Waals surface area contributed by atoms with Crippen molar-refractivity contribution in [3.63, 3.8) is 0 Å². The Morgan fingerprint density at radius 2 is 2.00 bits per heavy atom. The zero-order valence-corrected chi connectivity index (χ0v) is 29.1. The summed E-state index contributed by atoms with van der Waals surface area (Å²) in [4.78, 5) is 31.4. The van der Waals surface area contributed by atoms with Crippen molar-refractivity contribution in [3.8, 4) is 35.4 Å². The third kappa shape index (κ3) is 6.25. The Bertz CT molecular complexity index is 2290. The Kier molecular flexibility index (Phi) is 9.04. The Morgan fingerprint density at radius 3 is 2.83 bits per heavy atom. The highest BCUT2D eigenvalue weighted by atomic mass is 19.1. The summed E-state index contributed by atoms with van der Waals surface area (Å²) in [6.07, 6.45) is 9.09. The van der Waals surface area contributed by atoms with Gasteiger partial charge in [-0.2, -0.15) is 9.97 Å². The van der Waals surface area contributed by atoms with E-state index in [1.807, 2.05) is 4.90 Å². The van der Waals surface area contributed by atoms with E-state index < -0.39 is 29.3 Å². The lowest BCUT2D eigenvalue weighted by Gasteiger charge is -2.31. The average Bonchev–Trinajstić information content (AvgIpc) is 3.52. The van der Waals surface area contributed by atoms with Crippen LogP contribution in [0.4, 0.5) is 24.7 Å². The Balaban J connectivity index is 1.27. The highest BCUT2D eigenvalue weighted by Crippen LogP contribution is 2.42. The number of carbonyl (C=O) groups excluding carboxylic acids is 1. The third-order valence-corrected chi connectivity index (χ3v) is 10.6. The van der Waals surface area contributed by atoms with Gasteiger partial charge in [0, 0.05) is 55.5 Å². The van der Waals surface area contributed by atoms with Crippen LogP contribution in [0.15, 0.2) is 48.7 Å². The predicted molar refractivity (Wildman–Crippen MR) is 195 cm³/mol. The van der Waals surface area contributed by atoms with Crippen LogP contribution in [0.1, 0.15) is 47.2 Å². The van der Waals surface area contributed by atoms with Gasteiger partial charge in [-0.15, -0.1) is 6.42 Å². The number of rotatable bonds is 7. The van der Waals surface area contributed by atoms with Crippen molar-refractivity contribution in [2.75, 3.05) is 56.6 Å². The molecule has 5 aromatic rings. The number of anilines is 2. The van der Waals surface area contributed by atoms with Gasteiger partial charge in [-0.05, 0) is 67.9 Å². The fourth-order valence-corrected chi connectivity index (χ4v) is 8.05. The van der Waals surface area contributed by atoms with Gasteiger partial charge >= 0.3 is 12.0 Å². The molecule has 3 aliphatic rings. The van der Waals surface area contributed by atoms with Crippen molar-refractivity contribution in [3.05, 3.63) is 77.0 Å². The number of fused-ring (bicyclic) bond motifs is 3. The second-order valence-corrected chi connectivity index (χ2v) is 13.9. The van der Waals surface area contributed by atoms with Gasteiger partial charge in [-0.25, -0.2) is 18.0 Å². The van der Waals surface area contributed by atoms with Gasteiger partial charge in [0.2, 0.25) is 0 Å². The Morgan fingerprint density at radius 1 is 1.13 bits per heavy atom. The molecule has 5 heterocycles. The van der Waals surface area contributed by atoms with Crippen molar-refractivity contribution >= 4 is 39.1 Å². The Hall–Kier alpha value is -5.45. The van der Waals surface area contributed by atoms with Crippen molar-refractivity contribution in [2.24, 2.45) is 0 Å². The van der Waals surface area contributed by atoms with Gasteiger partial charge in [0.25, 0.3) is 0 Å². The van der Waals surface area contributed by atoms with Crippen LogP contribution in [0.5, 0.6) is 11.8 Å². The summed E-state index contributed by atoms with van der Waals surface area (Å²) >= 11 is 0. The molecule has 2 N–H and O–H groups in total. The fraction of sp³-hybridized carbons (Fsp3) is 0.350. The van der Waals surface area contributed by atoms with Crippen LogP contribution in [-0.4, -0.2) is 83.5 Å². The largest absolute Gasteiger partial charge is 0.461 e. The van der Waals surface area contributed by atoms with Gasteiger partial charge in [-0.3, -0.25) is 9.88 Å². The quantitative estimate of drug-likeness (QED) is 0.0877. The molecule has 0 spiro atoms. The van der Waals surface area contributed by atoms with Gasteiger partial charge in [0.1, 0.15) is 41.4 Å². The van der Waals surface area contributed by atoms with E-state index in [0.29, 0.717) is 61.4 Å². The van der Waals surface area contributed by atoms with E-state index in [9.17, 15) is 9.18 Å². The first-order valence-corrected chi connectivity index (χ1v) is 17.7. The maximum absolute atomic E-state index is 17.2. The topological polar surface area (TPSA) is 116 Å². The highest BCUT2D eigenvalue weighted by molar-refractivity contribution is 6.04. The summed E-state index contributed by atoms with van der Waals surface area (Å²) in [5.74, 6) is 0.599. The van der Waals surface area contributed by atoms with Crippen LogP contribution < -0.4 is 20.1 Å². The molecule has 3 aliphatic heterocycles. The van der Waals surface area contributed by atoms with Gasteiger partial charge in [-0.1, -0.05) is 24.1 Å². The molecule has 53 heavy (non-hydrogen) atoms. The van der Waals surface area contributed by atoms with Crippen LogP contribution >= 0.6 is 0 Å². The van der Waals surface area contributed by atoms with E-state index >= 15 is 8.78 Å². The van der Waals surface area contributed by atoms with Gasteiger partial charge < -0.3 is 24.8 Å². The average molecular weight is 723 g/mol. The number of halogens is 3. The van der Waals surface area contributed by atoms with Crippen LogP contribution in [0.2, 0.25) is 0 Å². The highest BCUT2D eigenvalue weighted by Gasteiger charge is 2.49. The second-order valence-electron chi connectivity index (χ2n) is 13.9. The number of nitrogen functional groups attached to an aromatic ring is 1. The molecular formula is C40H37F3N6O4. The molecule has 3 fully saturated rings. The number of carbonyl (C=O) groups is 1. The smallest absolute Gasteiger partial charge is 0.345 e. The molecule has 3 aromatic carbocycles. The van der Waals surface area contributed by atoms with Crippen LogP contribution in [0.3, 0.4) is 0 Å². The molecule has 13 heteroatoms. The summed E-state index contributed by atoms with van der Waals surface area (Å²) in [5.41, 5.74) is 6.34. The summed E-state index contributed by atoms with van der Waals surface area (Å²) in [7, 11) is 0. The van der Waals surface area contributed by atoms with Crippen molar-refractivity contribution in [2.45, 2.75) is 44.3 Å². The molecule has 0 aliphatic carbocycles. The van der Waals surface area contributed by atoms with E-state index in [-0.39, 0.29) is 57.3 Å². The molecule has 0 saturated carbocycles. The van der Waals surface area contributed by atoms with E-state index in [4.69, 9.17) is 31.4 Å². The minimum Gasteiger partial charge on any atom is -0.461 e. The number of nitrogens with zero attached hydrogens (tertiary/aromatic N) is 5. The monoisotopic (exact) mass is 722 g/mol. The molecule has 0 unspecified atom stereocenters. The van der Waals surface area contributed by atoms with Gasteiger partial charge in [0.15, 0.2) is 5.82 Å². The van der Waals surface area contributed by atoms with Crippen molar-refractivity contribution in [1.82, 2.24) is 19.9 Å². The first-order chi connectivity index (χ1) is 25.7. The first kappa shape index (κ1) is 34.6. The van der Waals surface area contributed by atoms with E-state index in [1.165, 1.54) is 30.5 Å². The fourth-order valence-electron chi connectivity index (χ4n) is 8.05. The lowest BCUT2D eigenvalue weighted by molar-refractivity contribution is 0.0735. The number of hydrogen-bond acceptors (Lipinski definition) is 10. The molecule has 2 aromatic heterocycles. The van der Waals surface area contributed by atoms with E-state index in [0.717, 1.165) is 25.8 Å². The number of pyridine rings is 1. The lowest BCUT2D eigenvalue weighted by Crippen LogP contribution is -2.43. The second kappa shape index (κ2) is 13.8. The SMILES string of the molecule is C#Cc1c(F)ccc2cc(OC(=O)c3c(C)cccc3N)cc(-c3ncc4c(N5CCCOCC5)nc(OC[C@@]56CCCN5C[C@H](F)C6)nc4c3F)c12. The molecule has 0 bridgehead atoms. The first-order valence-electron chi connectivity index (χ1n) is 17.7. The summed E-state index contributed by atoms with van der Waals surface area (Å²) < 4.78 is 64.7. The molecule has 10 nitrogen and oxygen atoms in total. The number of aromatic nitrogens is 3. The van der Waals surface area contributed by atoms with Crippen LogP contribution in [-0.2, 0) is 4.74 Å². The molecule has 8 rings (SSSR count). The number of hydrogen-bond donors (Lipinski definition) is 1. The number of ether oxygens (including phenoxy) is 3. The molecule has 272 valence electrons. The third-order valence-electron chi connectivity index (χ3n) is 10.6. The number of terminal acetylenes is 1. The van der Waals surface area contributed by atoms with Crippen LogP contribution in [0, 0.1) is 30.9 Å². The Labute approximate surface area is 304 Å². The maximum Gasteiger partial charge on any atom is 0.345 e. The number of esters is 1. The van der Waals surface area contributed by atoms with Crippen molar-refractivity contribution < 1.29 is 32.2 Å². The predicted octanol–water partition coefficient (Wildman–Crippen LogP) is 6.40. The van der Waals surface area contributed by atoms with Gasteiger partial charge in [0.05, 0.1) is 28.7 Å². The number of aryl methyl sites for hydroxylation is 1. The summed E-state index contributed by atoms with van der Waals surface area (Å²) in [6, 6.07) is 10.6. The summed E-state index contributed by atoms with van der Waals surface area (Å²) in [5, 5.41) is 0.918. The van der Waals surface area contributed by atoms with E-state index in [1.54, 1.807) is 25.1 Å². The minimum atomic E-state index is -0.952. The zero-order chi connectivity index (χ0) is 36.9. The van der Waals surface area contributed by atoms with Crippen LogP contribution in [0.25, 0.3) is 32.9 Å².